The number of ether oxygens (including phenoxy) is 2. The molecule has 0 aliphatic carbocycles. The minimum atomic E-state index is 0.469. The molecule has 2 nitrogen and oxygen atoms in total. The summed E-state index contributed by atoms with van der Waals surface area (Å²) in [6.45, 7) is 7.09. The molecule has 0 heterocycles. The van der Waals surface area contributed by atoms with Crippen LogP contribution in [0.4, 0.5) is 0 Å². The molecule has 0 spiro atoms. The Morgan fingerprint density at radius 2 is 1.87 bits per heavy atom. The van der Waals surface area contributed by atoms with Gasteiger partial charge in [0.25, 0.3) is 0 Å². The van der Waals surface area contributed by atoms with Crippen molar-refractivity contribution in [2.45, 2.75) is 33.3 Å². The van der Waals surface area contributed by atoms with Gasteiger partial charge in [0.05, 0.1) is 13.7 Å². The van der Waals surface area contributed by atoms with Crippen LogP contribution in [0.2, 0.25) is 0 Å². The Labute approximate surface area is 92.2 Å². The van der Waals surface area contributed by atoms with Crippen LogP contribution >= 0.6 is 0 Å². The zero-order chi connectivity index (χ0) is 11.4. The first-order valence-electron chi connectivity index (χ1n) is 5.26. The lowest BCUT2D eigenvalue weighted by Crippen LogP contribution is -1.99. The van der Waals surface area contributed by atoms with Crippen LogP contribution in [0, 0.1) is 6.92 Å². The van der Waals surface area contributed by atoms with Crippen LogP contribution in [0.15, 0.2) is 12.1 Å². The predicted octanol–water partition coefficient (Wildman–Crippen LogP) is 3.27. The van der Waals surface area contributed by atoms with Crippen molar-refractivity contribution < 1.29 is 9.47 Å². The molecule has 15 heavy (non-hydrogen) atoms. The molecule has 0 aromatic heterocycles. The third kappa shape index (κ3) is 2.72. The molecule has 0 bridgehead atoms. The zero-order valence-electron chi connectivity index (χ0n) is 10.3. The van der Waals surface area contributed by atoms with Crippen molar-refractivity contribution in [3.8, 4) is 5.75 Å². The summed E-state index contributed by atoms with van der Waals surface area (Å²) in [5, 5.41) is 0. The van der Waals surface area contributed by atoms with Crippen LogP contribution in [0.25, 0.3) is 0 Å². The van der Waals surface area contributed by atoms with E-state index in [-0.39, 0.29) is 0 Å². The molecule has 0 saturated carbocycles. The van der Waals surface area contributed by atoms with Gasteiger partial charge in [-0.2, -0.15) is 0 Å². The van der Waals surface area contributed by atoms with Gasteiger partial charge >= 0.3 is 0 Å². The van der Waals surface area contributed by atoms with Gasteiger partial charge in [0.15, 0.2) is 0 Å². The molecule has 0 atom stereocenters. The molecule has 0 N–H and O–H groups in total. The molecule has 0 saturated heterocycles. The SMILES string of the molecule is COCc1cc(C(C)C)c(OC)cc1C. The topological polar surface area (TPSA) is 18.5 Å². The van der Waals surface area contributed by atoms with E-state index >= 15 is 0 Å². The average molecular weight is 208 g/mol. The average Bonchev–Trinajstić information content (AvgIpc) is 2.20. The Bertz CT molecular complexity index is 330. The lowest BCUT2D eigenvalue weighted by atomic mass is 9.97. The smallest absolute Gasteiger partial charge is 0.122 e. The summed E-state index contributed by atoms with van der Waals surface area (Å²) in [5.74, 6) is 1.44. The molecular weight excluding hydrogens is 188 g/mol. The summed E-state index contributed by atoms with van der Waals surface area (Å²) < 4.78 is 10.6. The molecule has 0 unspecified atom stereocenters. The lowest BCUT2D eigenvalue weighted by Gasteiger charge is -2.15. The molecule has 0 amide bonds. The summed E-state index contributed by atoms with van der Waals surface area (Å²) in [6, 6.07) is 4.27. The van der Waals surface area contributed by atoms with Gasteiger partial charge in [-0.15, -0.1) is 0 Å². The predicted molar refractivity (Wildman–Crippen MR) is 62.5 cm³/mol. The van der Waals surface area contributed by atoms with E-state index in [1.54, 1.807) is 14.2 Å². The molecule has 0 aliphatic rings. The van der Waals surface area contributed by atoms with E-state index in [2.05, 4.69) is 32.9 Å². The second kappa shape index (κ2) is 5.17. The van der Waals surface area contributed by atoms with Gasteiger partial charge in [-0.25, -0.2) is 0 Å². The second-order valence-corrected chi connectivity index (χ2v) is 4.11. The fourth-order valence-electron chi connectivity index (χ4n) is 1.68. The summed E-state index contributed by atoms with van der Waals surface area (Å²) in [7, 11) is 3.44. The fraction of sp³-hybridized carbons (Fsp3) is 0.538. The van der Waals surface area contributed by atoms with Crippen molar-refractivity contribution in [2.24, 2.45) is 0 Å². The van der Waals surface area contributed by atoms with E-state index in [1.165, 1.54) is 16.7 Å². The standard InChI is InChI=1S/C13H20O2/c1-9(2)12-7-11(8-14-4)10(3)6-13(12)15-5/h6-7,9H,8H2,1-5H3. The van der Waals surface area contributed by atoms with E-state index in [0.717, 1.165) is 5.75 Å². The Morgan fingerprint density at radius 1 is 1.20 bits per heavy atom. The van der Waals surface area contributed by atoms with Gasteiger partial charge in [0, 0.05) is 7.11 Å². The van der Waals surface area contributed by atoms with E-state index in [0.29, 0.717) is 12.5 Å². The molecule has 1 rings (SSSR count). The molecule has 84 valence electrons. The normalized spacial score (nSPS) is 10.8. The van der Waals surface area contributed by atoms with Crippen LogP contribution in [0.1, 0.15) is 36.5 Å². The highest BCUT2D eigenvalue weighted by molar-refractivity contribution is 5.43. The van der Waals surface area contributed by atoms with E-state index in [4.69, 9.17) is 9.47 Å². The van der Waals surface area contributed by atoms with Gasteiger partial charge in [0.2, 0.25) is 0 Å². The summed E-state index contributed by atoms with van der Waals surface area (Å²) in [4.78, 5) is 0. The van der Waals surface area contributed by atoms with Crippen LogP contribution in [-0.2, 0) is 11.3 Å². The van der Waals surface area contributed by atoms with Gasteiger partial charge in [-0.3, -0.25) is 0 Å². The summed E-state index contributed by atoms with van der Waals surface area (Å²) in [6.07, 6.45) is 0. The number of methoxy groups -OCH3 is 2. The Kier molecular flexibility index (Phi) is 4.15. The molecule has 0 fully saturated rings. The molecule has 0 aliphatic heterocycles. The van der Waals surface area contributed by atoms with Gasteiger partial charge < -0.3 is 9.47 Å². The number of benzene rings is 1. The maximum absolute atomic E-state index is 5.38. The number of hydrogen-bond acceptors (Lipinski definition) is 2. The van der Waals surface area contributed by atoms with Crippen molar-refractivity contribution in [3.63, 3.8) is 0 Å². The first-order valence-corrected chi connectivity index (χ1v) is 5.26. The largest absolute Gasteiger partial charge is 0.496 e. The van der Waals surface area contributed by atoms with Crippen molar-refractivity contribution in [2.75, 3.05) is 14.2 Å². The molecule has 1 aromatic carbocycles. The number of aryl methyl sites for hydroxylation is 1. The molecule has 0 radical (unpaired) electrons. The van der Waals surface area contributed by atoms with E-state index < -0.39 is 0 Å². The Balaban J connectivity index is 3.17. The van der Waals surface area contributed by atoms with Gasteiger partial charge in [-0.1, -0.05) is 13.8 Å². The quantitative estimate of drug-likeness (QED) is 0.756. The van der Waals surface area contributed by atoms with Crippen LogP contribution in [0.3, 0.4) is 0 Å². The van der Waals surface area contributed by atoms with Crippen molar-refractivity contribution >= 4 is 0 Å². The highest BCUT2D eigenvalue weighted by Gasteiger charge is 2.10. The second-order valence-electron chi connectivity index (χ2n) is 4.11. The Morgan fingerprint density at radius 3 is 2.33 bits per heavy atom. The number of rotatable bonds is 4. The summed E-state index contributed by atoms with van der Waals surface area (Å²) >= 11 is 0. The van der Waals surface area contributed by atoms with Gasteiger partial charge in [0.1, 0.15) is 5.75 Å². The molecule has 1 aromatic rings. The van der Waals surface area contributed by atoms with Gasteiger partial charge in [-0.05, 0) is 41.7 Å². The maximum atomic E-state index is 5.38. The highest BCUT2D eigenvalue weighted by atomic mass is 16.5. The van der Waals surface area contributed by atoms with Crippen LogP contribution in [0.5, 0.6) is 5.75 Å². The van der Waals surface area contributed by atoms with E-state index in [9.17, 15) is 0 Å². The third-order valence-electron chi connectivity index (χ3n) is 2.61. The number of hydrogen-bond donors (Lipinski definition) is 0. The molecular formula is C13H20O2. The minimum Gasteiger partial charge on any atom is -0.496 e. The first kappa shape index (κ1) is 12.1. The van der Waals surface area contributed by atoms with Crippen molar-refractivity contribution in [1.29, 1.82) is 0 Å². The zero-order valence-corrected chi connectivity index (χ0v) is 10.3. The summed E-state index contributed by atoms with van der Waals surface area (Å²) in [5.41, 5.74) is 3.70. The van der Waals surface area contributed by atoms with E-state index in [1.807, 2.05) is 0 Å². The first-order chi connectivity index (χ1) is 7.10. The van der Waals surface area contributed by atoms with Crippen LogP contribution < -0.4 is 4.74 Å². The minimum absolute atomic E-state index is 0.469. The van der Waals surface area contributed by atoms with Crippen LogP contribution in [-0.4, -0.2) is 14.2 Å². The fourth-order valence-corrected chi connectivity index (χ4v) is 1.68. The third-order valence-corrected chi connectivity index (χ3v) is 2.61. The molecule has 2 heteroatoms. The monoisotopic (exact) mass is 208 g/mol. The highest BCUT2D eigenvalue weighted by Crippen LogP contribution is 2.29. The lowest BCUT2D eigenvalue weighted by molar-refractivity contribution is 0.184. The maximum Gasteiger partial charge on any atom is 0.122 e. The van der Waals surface area contributed by atoms with Crippen molar-refractivity contribution in [1.82, 2.24) is 0 Å². The van der Waals surface area contributed by atoms with Crippen molar-refractivity contribution in [3.05, 3.63) is 28.8 Å². The Hall–Kier alpha value is -1.02.